The predicted octanol–water partition coefficient (Wildman–Crippen LogP) is 3.38. The van der Waals surface area contributed by atoms with Crippen LogP contribution in [-0.4, -0.2) is 17.7 Å². The summed E-state index contributed by atoms with van der Waals surface area (Å²) in [7, 11) is 0. The van der Waals surface area contributed by atoms with Gasteiger partial charge in [0.15, 0.2) is 0 Å². The van der Waals surface area contributed by atoms with Gasteiger partial charge in [0.25, 0.3) is 0 Å². The van der Waals surface area contributed by atoms with Gasteiger partial charge in [-0.2, -0.15) is 0 Å². The van der Waals surface area contributed by atoms with Gasteiger partial charge in [0, 0.05) is 5.56 Å². The lowest BCUT2D eigenvalue weighted by Crippen LogP contribution is -2.32. The summed E-state index contributed by atoms with van der Waals surface area (Å²) >= 11 is 0. The van der Waals surface area contributed by atoms with E-state index in [2.05, 4.69) is 12.2 Å². The normalized spacial score (nSPS) is 19.3. The first-order valence-corrected chi connectivity index (χ1v) is 8.34. The molecule has 1 heterocycles. The van der Waals surface area contributed by atoms with Crippen LogP contribution in [0.3, 0.4) is 0 Å². The number of amides is 2. The van der Waals surface area contributed by atoms with E-state index in [1.54, 1.807) is 0 Å². The summed E-state index contributed by atoms with van der Waals surface area (Å²) in [6.45, 7) is 2.93. The molecule has 0 aliphatic carbocycles. The summed E-state index contributed by atoms with van der Waals surface area (Å²) in [6, 6.07) is 14.1. The number of nitrogens with one attached hydrogen (secondary N) is 1. The second kappa shape index (κ2) is 7.03. The van der Waals surface area contributed by atoms with Crippen LogP contribution in [0, 0.1) is 0 Å². The molecule has 0 fully saturated rings. The standard InChI is InChI=1S/C19H23N3O2/c1-2-3-12-21-17-13-8-4-6-10-15(13)22(19(20)24)16-11-7-5-9-14(16)18(17)23/h4-11,17-18,21,23H,2-3,12H2,1H3,(H2,20,24). The highest BCUT2D eigenvalue weighted by Gasteiger charge is 2.34. The highest BCUT2D eigenvalue weighted by molar-refractivity contribution is 6.00. The van der Waals surface area contributed by atoms with Crippen LogP contribution in [0.4, 0.5) is 16.2 Å². The number of nitrogens with zero attached hydrogens (tertiary/aromatic N) is 1. The van der Waals surface area contributed by atoms with Gasteiger partial charge in [-0.25, -0.2) is 4.79 Å². The number of primary amides is 1. The predicted molar refractivity (Wildman–Crippen MR) is 95.2 cm³/mol. The van der Waals surface area contributed by atoms with Gasteiger partial charge in [0.2, 0.25) is 0 Å². The van der Waals surface area contributed by atoms with Crippen molar-refractivity contribution >= 4 is 17.4 Å². The first kappa shape index (κ1) is 16.5. The Morgan fingerprint density at radius 2 is 1.71 bits per heavy atom. The fourth-order valence-electron chi connectivity index (χ4n) is 3.27. The van der Waals surface area contributed by atoms with Crippen LogP contribution in [-0.2, 0) is 0 Å². The van der Waals surface area contributed by atoms with Crippen molar-refractivity contribution in [2.24, 2.45) is 5.73 Å². The summed E-state index contributed by atoms with van der Waals surface area (Å²) in [5.74, 6) is 0. The number of aliphatic hydroxyl groups is 1. The fourth-order valence-corrected chi connectivity index (χ4v) is 3.27. The van der Waals surface area contributed by atoms with Gasteiger partial charge in [-0.05, 0) is 30.7 Å². The van der Waals surface area contributed by atoms with Gasteiger partial charge in [-0.15, -0.1) is 0 Å². The molecule has 2 amide bonds. The second-order valence-corrected chi connectivity index (χ2v) is 6.02. The van der Waals surface area contributed by atoms with Crippen LogP contribution in [0.25, 0.3) is 0 Å². The average molecular weight is 325 g/mol. The Labute approximate surface area is 142 Å². The molecule has 126 valence electrons. The molecule has 4 N–H and O–H groups in total. The third-order valence-electron chi connectivity index (χ3n) is 4.44. The smallest absolute Gasteiger partial charge is 0.323 e. The molecule has 1 aliphatic rings. The number of para-hydroxylation sites is 2. The van der Waals surface area contributed by atoms with Crippen molar-refractivity contribution in [2.45, 2.75) is 31.9 Å². The van der Waals surface area contributed by atoms with E-state index >= 15 is 0 Å². The molecule has 2 unspecified atom stereocenters. The largest absolute Gasteiger partial charge is 0.386 e. The maximum atomic E-state index is 12.2. The first-order chi connectivity index (χ1) is 11.6. The fraction of sp³-hybridized carbons (Fsp3) is 0.316. The first-order valence-electron chi connectivity index (χ1n) is 8.34. The molecule has 2 atom stereocenters. The van der Waals surface area contributed by atoms with Crippen LogP contribution < -0.4 is 16.0 Å². The van der Waals surface area contributed by atoms with Crippen LogP contribution in [0.15, 0.2) is 48.5 Å². The number of hydrogen-bond donors (Lipinski definition) is 3. The molecule has 0 aromatic heterocycles. The molecule has 0 saturated carbocycles. The lowest BCUT2D eigenvalue weighted by molar-refractivity contribution is 0.130. The average Bonchev–Trinajstić information content (AvgIpc) is 2.69. The number of hydrogen-bond acceptors (Lipinski definition) is 3. The van der Waals surface area contributed by atoms with E-state index in [9.17, 15) is 9.90 Å². The van der Waals surface area contributed by atoms with Gasteiger partial charge in [0.1, 0.15) is 6.10 Å². The summed E-state index contributed by atoms with van der Waals surface area (Å²) < 4.78 is 0. The van der Waals surface area contributed by atoms with E-state index in [0.717, 1.165) is 24.9 Å². The number of urea groups is 1. The molecular formula is C19H23N3O2. The molecule has 3 rings (SSSR count). The van der Waals surface area contributed by atoms with Crippen molar-refractivity contribution < 1.29 is 9.90 Å². The van der Waals surface area contributed by atoms with E-state index in [4.69, 9.17) is 5.73 Å². The molecule has 1 aliphatic heterocycles. The van der Waals surface area contributed by atoms with Crippen LogP contribution in [0.2, 0.25) is 0 Å². The Morgan fingerprint density at radius 3 is 2.33 bits per heavy atom. The van der Waals surface area contributed by atoms with Gasteiger partial charge < -0.3 is 16.2 Å². The number of benzene rings is 2. The van der Waals surface area contributed by atoms with Crippen LogP contribution in [0.5, 0.6) is 0 Å². The maximum Gasteiger partial charge on any atom is 0.323 e. The summed E-state index contributed by atoms with van der Waals surface area (Å²) in [6.07, 6.45) is 1.33. The van der Waals surface area contributed by atoms with E-state index in [0.29, 0.717) is 16.9 Å². The van der Waals surface area contributed by atoms with Crippen molar-refractivity contribution in [2.75, 3.05) is 11.4 Å². The number of rotatable bonds is 4. The number of anilines is 2. The zero-order valence-electron chi connectivity index (χ0n) is 13.8. The molecule has 24 heavy (non-hydrogen) atoms. The molecule has 0 radical (unpaired) electrons. The Hall–Kier alpha value is -2.37. The third kappa shape index (κ3) is 2.88. The minimum Gasteiger partial charge on any atom is -0.386 e. The van der Waals surface area contributed by atoms with E-state index in [1.165, 1.54) is 4.90 Å². The number of nitrogens with two attached hydrogens (primary N) is 1. The molecule has 5 nitrogen and oxygen atoms in total. The SMILES string of the molecule is CCCCNC1c2ccccc2N(C(N)=O)c2ccccc2C1O. The van der Waals surface area contributed by atoms with Crippen molar-refractivity contribution in [3.8, 4) is 0 Å². The summed E-state index contributed by atoms with van der Waals surface area (Å²) in [5.41, 5.74) is 8.57. The zero-order valence-corrected chi connectivity index (χ0v) is 13.8. The van der Waals surface area contributed by atoms with E-state index in [1.807, 2.05) is 48.5 Å². The molecular weight excluding hydrogens is 302 g/mol. The number of aliphatic hydroxyl groups excluding tert-OH is 1. The molecule has 0 spiro atoms. The van der Waals surface area contributed by atoms with Gasteiger partial charge in [0.05, 0.1) is 17.4 Å². The van der Waals surface area contributed by atoms with Crippen LogP contribution >= 0.6 is 0 Å². The zero-order chi connectivity index (χ0) is 17.1. The third-order valence-corrected chi connectivity index (χ3v) is 4.44. The quantitative estimate of drug-likeness (QED) is 0.754. The number of unbranched alkanes of at least 4 members (excludes halogenated alkanes) is 1. The highest BCUT2D eigenvalue weighted by atomic mass is 16.3. The lowest BCUT2D eigenvalue weighted by Gasteiger charge is -2.24. The second-order valence-electron chi connectivity index (χ2n) is 6.02. The molecule has 0 saturated heterocycles. The lowest BCUT2D eigenvalue weighted by atomic mass is 9.95. The van der Waals surface area contributed by atoms with Crippen molar-refractivity contribution in [1.29, 1.82) is 0 Å². The van der Waals surface area contributed by atoms with Gasteiger partial charge >= 0.3 is 6.03 Å². The van der Waals surface area contributed by atoms with Crippen molar-refractivity contribution in [3.05, 3.63) is 59.7 Å². The Bertz CT molecular complexity index is 732. The maximum absolute atomic E-state index is 12.2. The van der Waals surface area contributed by atoms with Crippen molar-refractivity contribution in [1.82, 2.24) is 5.32 Å². The minimum atomic E-state index is -0.761. The van der Waals surface area contributed by atoms with Crippen molar-refractivity contribution in [3.63, 3.8) is 0 Å². The Kier molecular flexibility index (Phi) is 4.83. The van der Waals surface area contributed by atoms with E-state index < -0.39 is 12.1 Å². The topological polar surface area (TPSA) is 78.6 Å². The van der Waals surface area contributed by atoms with Gasteiger partial charge in [-0.1, -0.05) is 49.7 Å². The minimum absolute atomic E-state index is 0.293. The molecule has 2 aromatic carbocycles. The van der Waals surface area contributed by atoms with Crippen LogP contribution in [0.1, 0.15) is 43.0 Å². The molecule has 5 heteroatoms. The number of carbonyl (C=O) groups is 1. The molecule has 0 bridgehead atoms. The Morgan fingerprint density at radius 1 is 1.12 bits per heavy atom. The number of fused-ring (bicyclic) bond motifs is 2. The monoisotopic (exact) mass is 325 g/mol. The van der Waals surface area contributed by atoms with E-state index in [-0.39, 0.29) is 6.04 Å². The highest BCUT2D eigenvalue weighted by Crippen LogP contribution is 2.44. The summed E-state index contributed by atoms with van der Waals surface area (Å²) in [4.78, 5) is 13.6. The van der Waals surface area contributed by atoms with Gasteiger partial charge in [-0.3, -0.25) is 4.90 Å². The number of carbonyl (C=O) groups excluding carboxylic acids is 1. The molecule has 2 aromatic rings. The Balaban J connectivity index is 2.16. The summed E-state index contributed by atoms with van der Waals surface area (Å²) in [5, 5.41) is 14.4.